The second kappa shape index (κ2) is 7.88. The van der Waals surface area contributed by atoms with Gasteiger partial charge >= 0.3 is 0 Å². The number of methoxy groups -OCH3 is 4. The van der Waals surface area contributed by atoms with Crippen LogP contribution >= 0.6 is 0 Å². The second-order valence-corrected chi connectivity index (χ2v) is 6.28. The van der Waals surface area contributed by atoms with E-state index in [-0.39, 0.29) is 24.3 Å². The van der Waals surface area contributed by atoms with E-state index in [1.807, 2.05) is 19.2 Å². The number of ether oxygens (including phenoxy) is 4. The fourth-order valence-corrected chi connectivity index (χ4v) is 3.72. The van der Waals surface area contributed by atoms with Gasteiger partial charge < -0.3 is 24.3 Å². The summed E-state index contributed by atoms with van der Waals surface area (Å²) in [6, 6.07) is 7.09. The van der Waals surface area contributed by atoms with Gasteiger partial charge in [-0.2, -0.15) is 0 Å². The Morgan fingerprint density at radius 3 is 2.44 bits per heavy atom. The molecule has 144 valence electrons. The van der Waals surface area contributed by atoms with E-state index in [4.69, 9.17) is 20.3 Å². The fraction of sp³-hybridized carbons (Fsp3) is 0.381. The quantitative estimate of drug-likeness (QED) is 0.869. The van der Waals surface area contributed by atoms with Crippen molar-refractivity contribution in [2.75, 3.05) is 35.5 Å². The molecule has 1 aliphatic carbocycles. The van der Waals surface area contributed by atoms with Gasteiger partial charge in [0.25, 0.3) is 0 Å². The second-order valence-electron chi connectivity index (χ2n) is 6.28. The van der Waals surface area contributed by atoms with Gasteiger partial charge in [-0.25, -0.2) is 0 Å². The minimum Gasteiger partial charge on any atom is -0.493 e. The van der Waals surface area contributed by atoms with E-state index in [2.05, 4.69) is 5.32 Å². The average Bonchev–Trinajstić information content (AvgIpc) is 2.95. The van der Waals surface area contributed by atoms with Gasteiger partial charge in [-0.05, 0) is 54.8 Å². The lowest BCUT2D eigenvalue weighted by Gasteiger charge is -2.19. The van der Waals surface area contributed by atoms with Crippen LogP contribution in [0, 0.1) is 0 Å². The fourth-order valence-electron chi connectivity index (χ4n) is 3.72. The molecule has 0 saturated heterocycles. The number of hydrogen-bond acceptors (Lipinski definition) is 6. The molecule has 0 fully saturated rings. The topological polar surface area (TPSA) is 66.0 Å². The van der Waals surface area contributed by atoms with Crippen LogP contribution in [0.25, 0.3) is 11.1 Å². The van der Waals surface area contributed by atoms with Crippen LogP contribution in [0.1, 0.15) is 25.0 Å². The van der Waals surface area contributed by atoms with Crippen LogP contribution in [0.4, 0.5) is 0 Å². The Kier molecular flexibility index (Phi) is 5.16. The number of benzene rings is 1. The highest BCUT2D eigenvalue weighted by molar-refractivity contribution is 5.82. The molecule has 1 N–H and O–H groups in total. The highest BCUT2D eigenvalue weighted by atomic mass is 16.5. The Bertz CT molecular complexity index is 931. The van der Waals surface area contributed by atoms with Crippen LogP contribution in [-0.4, -0.2) is 35.5 Å². The van der Waals surface area contributed by atoms with Crippen molar-refractivity contribution in [3.05, 3.63) is 45.6 Å². The molecule has 3 rings (SSSR count). The van der Waals surface area contributed by atoms with Gasteiger partial charge in [-0.1, -0.05) is 6.07 Å². The first-order valence-electron chi connectivity index (χ1n) is 9.40. The highest BCUT2D eigenvalue weighted by Gasteiger charge is 2.28. The third-order valence-electron chi connectivity index (χ3n) is 5.00. The molecule has 2 aromatic rings. The maximum Gasteiger partial charge on any atom is 0.220 e. The molecule has 0 heterocycles. The normalized spacial score (nSPS) is 15.7. The maximum absolute atomic E-state index is 12.6. The average molecular weight is 373 g/mol. The Balaban J connectivity index is 2.41. The van der Waals surface area contributed by atoms with Crippen molar-refractivity contribution in [2.24, 2.45) is 0 Å². The third-order valence-corrected chi connectivity index (χ3v) is 5.00. The molecule has 6 heteroatoms. The molecule has 0 spiro atoms. The molecule has 6 nitrogen and oxygen atoms in total. The predicted octanol–water partition coefficient (Wildman–Crippen LogP) is 2.95. The molecular formula is C21H25NO5. The van der Waals surface area contributed by atoms with Crippen LogP contribution < -0.4 is 29.7 Å². The van der Waals surface area contributed by atoms with E-state index in [9.17, 15) is 4.79 Å². The van der Waals surface area contributed by atoms with Crippen molar-refractivity contribution < 1.29 is 20.3 Å². The van der Waals surface area contributed by atoms with Crippen LogP contribution in [0.2, 0.25) is 0 Å². The maximum atomic E-state index is 12.6. The lowest BCUT2D eigenvalue weighted by Crippen LogP contribution is -2.17. The summed E-state index contributed by atoms with van der Waals surface area (Å²) >= 11 is 0. The standard InChI is InChI=1S/C21H25NO5/c1-22-15-8-6-12-10-18(25-3)20(26-4)21(27-5)19(12)13-7-9-17(24-2)16(23)11-14(13)15/h7,9-11,15,22H,6,8H2,1-5H3/t15-/m0/s1/i3T. The number of nitrogens with one attached hydrogen (secondary N) is 1. The molecule has 0 amide bonds. The molecule has 0 saturated carbocycles. The van der Waals surface area contributed by atoms with Crippen molar-refractivity contribution in [3.8, 4) is 34.1 Å². The van der Waals surface area contributed by atoms with Crippen LogP contribution in [0.15, 0.2) is 29.1 Å². The van der Waals surface area contributed by atoms with Gasteiger partial charge in [-0.15, -0.1) is 0 Å². The summed E-state index contributed by atoms with van der Waals surface area (Å²) in [4.78, 5) is 12.6. The van der Waals surface area contributed by atoms with Crippen molar-refractivity contribution in [3.63, 3.8) is 0 Å². The van der Waals surface area contributed by atoms with Crippen molar-refractivity contribution in [1.82, 2.24) is 5.32 Å². The largest absolute Gasteiger partial charge is 0.493 e. The molecule has 1 atom stereocenters. The van der Waals surface area contributed by atoms with Crippen LogP contribution in [0.5, 0.6) is 23.0 Å². The molecule has 27 heavy (non-hydrogen) atoms. The van der Waals surface area contributed by atoms with Crippen LogP contribution in [-0.2, 0) is 6.42 Å². The first-order valence-corrected chi connectivity index (χ1v) is 8.69. The van der Waals surface area contributed by atoms with Crippen molar-refractivity contribution in [1.29, 1.82) is 0 Å². The highest BCUT2D eigenvalue weighted by Crippen LogP contribution is 2.50. The SMILES string of the molecule is [3H]COc1cc2c(c(OC)c1OC)-c1ccc(OC)c(=O)cc1[C@@H](NC)CC2. The monoisotopic (exact) mass is 373 g/mol. The summed E-state index contributed by atoms with van der Waals surface area (Å²) < 4.78 is 29.4. The Morgan fingerprint density at radius 1 is 1.04 bits per heavy atom. The zero-order valence-corrected chi connectivity index (χ0v) is 16.0. The summed E-state index contributed by atoms with van der Waals surface area (Å²) in [6.45, 7) is 0. The van der Waals surface area contributed by atoms with E-state index in [1.165, 1.54) is 7.11 Å². The van der Waals surface area contributed by atoms with Gasteiger partial charge in [0.15, 0.2) is 17.2 Å². The summed E-state index contributed by atoms with van der Waals surface area (Å²) in [5, 5.41) is 3.31. The number of fused-ring (bicyclic) bond motifs is 3. The summed E-state index contributed by atoms with van der Waals surface area (Å²) in [5.74, 6) is 1.71. The molecule has 0 radical (unpaired) electrons. The summed E-state index contributed by atoms with van der Waals surface area (Å²) in [6.07, 6.45) is 1.54. The lowest BCUT2D eigenvalue weighted by atomic mass is 9.95. The molecule has 0 aromatic heterocycles. The minimum atomic E-state index is -0.222. The third kappa shape index (κ3) is 3.21. The van der Waals surface area contributed by atoms with Gasteiger partial charge in [0, 0.05) is 11.6 Å². The zero-order valence-electron chi connectivity index (χ0n) is 17.0. The summed E-state index contributed by atoms with van der Waals surface area (Å²) in [7, 11) is 6.26. The predicted molar refractivity (Wildman–Crippen MR) is 104 cm³/mol. The molecule has 0 bridgehead atoms. The van der Waals surface area contributed by atoms with Crippen molar-refractivity contribution >= 4 is 0 Å². The van der Waals surface area contributed by atoms with E-state index in [0.717, 1.165) is 35.1 Å². The van der Waals surface area contributed by atoms with Crippen molar-refractivity contribution in [2.45, 2.75) is 18.9 Å². The van der Waals surface area contributed by atoms with E-state index >= 15 is 0 Å². The number of hydrogen-bond donors (Lipinski definition) is 1. The molecular weight excluding hydrogens is 346 g/mol. The first-order chi connectivity index (χ1) is 13.6. The van der Waals surface area contributed by atoms with E-state index < -0.39 is 0 Å². The molecule has 2 aromatic carbocycles. The van der Waals surface area contributed by atoms with Gasteiger partial charge in [0.2, 0.25) is 11.2 Å². The minimum absolute atomic E-state index is 0.0107. The van der Waals surface area contributed by atoms with Gasteiger partial charge in [-0.3, -0.25) is 4.79 Å². The van der Waals surface area contributed by atoms with Gasteiger partial charge in [0.05, 0.1) is 29.8 Å². The first kappa shape index (κ1) is 17.7. The Morgan fingerprint density at radius 2 is 1.81 bits per heavy atom. The number of rotatable bonds is 5. The number of aryl methyl sites for hydroxylation is 1. The Labute approximate surface area is 160 Å². The Hall–Kier alpha value is -2.73. The summed E-state index contributed by atoms with van der Waals surface area (Å²) in [5.41, 5.74) is 3.45. The lowest BCUT2D eigenvalue weighted by molar-refractivity contribution is 0.324. The molecule has 1 aliphatic rings. The molecule has 0 unspecified atom stereocenters. The van der Waals surface area contributed by atoms with E-state index in [1.54, 1.807) is 26.4 Å². The smallest absolute Gasteiger partial charge is 0.220 e. The van der Waals surface area contributed by atoms with Gasteiger partial charge in [0.1, 0.15) is 0 Å². The zero-order chi connectivity index (χ0) is 20.3. The molecule has 0 aliphatic heterocycles. The van der Waals surface area contributed by atoms with E-state index in [0.29, 0.717) is 17.2 Å². The van der Waals surface area contributed by atoms with Crippen LogP contribution in [0.3, 0.4) is 0 Å².